The number of ether oxygens (including phenoxy) is 1. The fraction of sp³-hybridized carbons (Fsp3) is 0.263. The Balaban J connectivity index is 1.34. The van der Waals surface area contributed by atoms with Crippen molar-refractivity contribution in [2.45, 2.75) is 51.1 Å². The maximum absolute atomic E-state index is 12.8. The van der Waals surface area contributed by atoms with Crippen molar-refractivity contribution >= 4 is 18.0 Å². The molecular formula is C38H37F3O5. The van der Waals surface area contributed by atoms with Crippen LogP contribution in [-0.2, 0) is 25.4 Å². The van der Waals surface area contributed by atoms with Crippen molar-refractivity contribution in [3.8, 4) is 5.75 Å². The van der Waals surface area contributed by atoms with E-state index < -0.39 is 23.7 Å². The molecule has 1 unspecified atom stereocenters. The highest BCUT2D eigenvalue weighted by molar-refractivity contribution is 5.88. The van der Waals surface area contributed by atoms with Gasteiger partial charge in [0.2, 0.25) is 0 Å². The van der Waals surface area contributed by atoms with Gasteiger partial charge in [0.25, 0.3) is 0 Å². The number of alkyl halides is 3. The Morgan fingerprint density at radius 3 is 1.87 bits per heavy atom. The Kier molecular flexibility index (Phi) is 12.2. The van der Waals surface area contributed by atoms with Crippen molar-refractivity contribution in [1.82, 2.24) is 0 Å². The minimum absolute atomic E-state index is 0.119. The second kappa shape index (κ2) is 16.5. The minimum Gasteiger partial charge on any atom is -0.493 e. The van der Waals surface area contributed by atoms with Crippen molar-refractivity contribution in [2.75, 3.05) is 6.61 Å². The summed E-state index contributed by atoms with van der Waals surface area (Å²) in [6.07, 6.45) is 5.36. The van der Waals surface area contributed by atoms with E-state index in [1.54, 1.807) is 24.3 Å². The summed E-state index contributed by atoms with van der Waals surface area (Å²) in [5.41, 5.74) is 3.71. The molecule has 0 aliphatic rings. The Hall–Kier alpha value is -4.85. The lowest BCUT2D eigenvalue weighted by molar-refractivity contribution is -0.137. The van der Waals surface area contributed by atoms with Gasteiger partial charge in [-0.3, -0.25) is 0 Å². The first-order valence-electron chi connectivity index (χ1n) is 15.3. The van der Waals surface area contributed by atoms with Crippen LogP contribution in [0.1, 0.15) is 74.2 Å². The Morgan fingerprint density at radius 1 is 0.696 bits per heavy atom. The molecule has 240 valence electrons. The molecule has 0 radical (unpaired) electrons. The van der Waals surface area contributed by atoms with Crippen molar-refractivity contribution in [1.29, 1.82) is 0 Å². The van der Waals surface area contributed by atoms with E-state index in [-0.39, 0.29) is 17.0 Å². The number of allylic oxidation sites excluding steroid dienone is 1. The smallest absolute Gasteiger partial charge is 0.416 e. The number of halogens is 3. The molecule has 0 saturated heterocycles. The van der Waals surface area contributed by atoms with Gasteiger partial charge in [0.05, 0.1) is 23.3 Å². The molecule has 0 saturated carbocycles. The SMILES string of the molecule is O=C(O)c1ccc(CCC(C=Cc2ccccc2OCCCCCc2ccc(C(F)(F)F)cc2)Cc2ccc(C(=O)O)cc2)cc1. The number of carbonyl (C=O) groups is 2. The molecular weight excluding hydrogens is 593 g/mol. The Bertz CT molecular complexity index is 1590. The quantitative estimate of drug-likeness (QED) is 0.121. The van der Waals surface area contributed by atoms with Gasteiger partial charge >= 0.3 is 18.1 Å². The van der Waals surface area contributed by atoms with Crippen LogP contribution < -0.4 is 4.74 Å². The van der Waals surface area contributed by atoms with Gasteiger partial charge in [0, 0.05) is 5.56 Å². The van der Waals surface area contributed by atoms with Gasteiger partial charge in [0.15, 0.2) is 0 Å². The van der Waals surface area contributed by atoms with Crippen molar-refractivity contribution < 1.29 is 37.7 Å². The van der Waals surface area contributed by atoms with Crippen LogP contribution in [0.3, 0.4) is 0 Å². The van der Waals surface area contributed by atoms with Crippen molar-refractivity contribution in [3.05, 3.63) is 142 Å². The van der Waals surface area contributed by atoms with Gasteiger partial charge in [-0.2, -0.15) is 13.2 Å². The summed E-state index contributed by atoms with van der Waals surface area (Å²) >= 11 is 0. The van der Waals surface area contributed by atoms with Gasteiger partial charge in [-0.15, -0.1) is 0 Å². The number of benzene rings is 4. The Morgan fingerprint density at radius 2 is 1.26 bits per heavy atom. The number of carboxylic acid groups (broad SMARTS) is 2. The third-order valence-electron chi connectivity index (χ3n) is 7.82. The van der Waals surface area contributed by atoms with Gasteiger partial charge < -0.3 is 14.9 Å². The largest absolute Gasteiger partial charge is 0.493 e. The van der Waals surface area contributed by atoms with E-state index in [1.165, 1.54) is 12.1 Å². The van der Waals surface area contributed by atoms with Crippen LogP contribution in [0.2, 0.25) is 0 Å². The first-order chi connectivity index (χ1) is 22.1. The van der Waals surface area contributed by atoms with E-state index in [9.17, 15) is 33.0 Å². The number of unbranched alkanes of at least 4 members (excludes halogenated alkanes) is 2. The molecule has 8 heteroatoms. The third-order valence-corrected chi connectivity index (χ3v) is 7.82. The zero-order valence-corrected chi connectivity index (χ0v) is 25.4. The number of hydrogen-bond acceptors (Lipinski definition) is 3. The van der Waals surface area contributed by atoms with E-state index in [0.29, 0.717) is 19.4 Å². The molecule has 0 aromatic heterocycles. The average molecular weight is 631 g/mol. The molecule has 1 atom stereocenters. The fourth-order valence-electron chi connectivity index (χ4n) is 5.16. The molecule has 4 rings (SSSR count). The number of rotatable bonds is 16. The molecule has 4 aromatic rings. The minimum atomic E-state index is -4.32. The normalized spacial score (nSPS) is 12.2. The van der Waals surface area contributed by atoms with Crippen LogP contribution in [0.15, 0.2) is 103 Å². The molecule has 4 aromatic carbocycles. The zero-order valence-electron chi connectivity index (χ0n) is 25.4. The molecule has 0 bridgehead atoms. The summed E-state index contributed by atoms with van der Waals surface area (Å²) in [5, 5.41) is 18.4. The summed E-state index contributed by atoms with van der Waals surface area (Å²) in [4.78, 5) is 22.5. The molecule has 0 fully saturated rings. The summed E-state index contributed by atoms with van der Waals surface area (Å²) in [5.74, 6) is -1.05. The predicted molar refractivity (Wildman–Crippen MR) is 172 cm³/mol. The molecule has 46 heavy (non-hydrogen) atoms. The van der Waals surface area contributed by atoms with E-state index >= 15 is 0 Å². The van der Waals surface area contributed by atoms with Gasteiger partial charge in [-0.1, -0.05) is 66.7 Å². The molecule has 0 aliphatic carbocycles. The highest BCUT2D eigenvalue weighted by Gasteiger charge is 2.29. The van der Waals surface area contributed by atoms with E-state index in [2.05, 4.69) is 6.08 Å². The summed E-state index contributed by atoms with van der Waals surface area (Å²) in [6.45, 7) is 0.517. The Labute approximate surface area is 267 Å². The average Bonchev–Trinajstić information content (AvgIpc) is 3.04. The molecule has 0 aliphatic heterocycles. The number of carboxylic acids is 2. The highest BCUT2D eigenvalue weighted by atomic mass is 19.4. The van der Waals surface area contributed by atoms with Crippen molar-refractivity contribution in [3.63, 3.8) is 0 Å². The third kappa shape index (κ3) is 10.6. The fourth-order valence-corrected chi connectivity index (χ4v) is 5.16. The van der Waals surface area contributed by atoms with Gasteiger partial charge in [-0.25, -0.2) is 9.59 Å². The summed E-state index contributed by atoms with van der Waals surface area (Å²) in [7, 11) is 0. The van der Waals surface area contributed by atoms with Crippen LogP contribution in [0, 0.1) is 5.92 Å². The van der Waals surface area contributed by atoms with Crippen LogP contribution in [0.4, 0.5) is 13.2 Å². The van der Waals surface area contributed by atoms with E-state index in [0.717, 1.165) is 72.2 Å². The molecule has 5 nitrogen and oxygen atoms in total. The van der Waals surface area contributed by atoms with Gasteiger partial charge in [0.1, 0.15) is 5.75 Å². The monoisotopic (exact) mass is 630 g/mol. The molecule has 2 N–H and O–H groups in total. The predicted octanol–water partition coefficient (Wildman–Crippen LogP) is 9.40. The summed E-state index contributed by atoms with van der Waals surface area (Å²) in [6, 6.07) is 26.9. The lowest BCUT2D eigenvalue weighted by Gasteiger charge is -2.15. The number of aromatic carboxylic acids is 2. The molecule has 0 spiro atoms. The standard InChI is InChI=1S/C38H37F3O5/c39-38(40,41)34-23-16-27(17-24-34)6-2-1-5-25-46-35-8-4-3-7-31(35)18-13-29(26-30-14-21-33(22-15-30)37(44)45)10-9-28-11-19-32(20-12-28)36(42)43/h3-4,7-8,11-24,29H,1-2,5-6,9-10,25-26H2,(H,42,43)(H,44,45). The first kappa shape index (κ1) is 34.0. The topological polar surface area (TPSA) is 83.8 Å². The molecule has 0 heterocycles. The van der Waals surface area contributed by atoms with Gasteiger partial charge in [-0.05, 0) is 110 Å². The summed E-state index contributed by atoms with van der Waals surface area (Å²) < 4.78 is 44.4. The van der Waals surface area contributed by atoms with E-state index in [1.807, 2.05) is 54.6 Å². The zero-order chi connectivity index (χ0) is 32.9. The maximum atomic E-state index is 12.8. The lowest BCUT2D eigenvalue weighted by Crippen LogP contribution is -2.05. The number of aryl methyl sites for hydroxylation is 2. The van der Waals surface area contributed by atoms with Crippen LogP contribution in [0.5, 0.6) is 5.75 Å². The second-order valence-electron chi connectivity index (χ2n) is 11.3. The lowest BCUT2D eigenvalue weighted by atomic mass is 9.91. The van der Waals surface area contributed by atoms with Crippen LogP contribution >= 0.6 is 0 Å². The number of para-hydroxylation sites is 1. The second-order valence-corrected chi connectivity index (χ2v) is 11.3. The maximum Gasteiger partial charge on any atom is 0.416 e. The van der Waals surface area contributed by atoms with Crippen molar-refractivity contribution in [2.24, 2.45) is 5.92 Å². The molecule has 0 amide bonds. The van der Waals surface area contributed by atoms with Crippen LogP contribution in [-0.4, -0.2) is 28.8 Å². The van der Waals surface area contributed by atoms with Crippen LogP contribution in [0.25, 0.3) is 6.08 Å². The first-order valence-corrected chi connectivity index (χ1v) is 15.3. The number of hydrogen-bond donors (Lipinski definition) is 2. The highest BCUT2D eigenvalue weighted by Crippen LogP contribution is 2.29. The van der Waals surface area contributed by atoms with E-state index in [4.69, 9.17) is 4.74 Å².